The molecule has 0 spiro atoms. The van der Waals surface area contributed by atoms with E-state index in [0.717, 1.165) is 31.6 Å². The molecular weight excluding hydrogens is 276 g/mol. The summed E-state index contributed by atoms with van der Waals surface area (Å²) in [6.07, 6.45) is 2.81. The van der Waals surface area contributed by atoms with Crippen molar-refractivity contribution in [3.8, 4) is 0 Å². The van der Waals surface area contributed by atoms with Crippen LogP contribution in [-0.2, 0) is 4.74 Å². The zero-order chi connectivity index (χ0) is 14.8. The third kappa shape index (κ3) is 3.44. The maximum absolute atomic E-state index is 11.2. The summed E-state index contributed by atoms with van der Waals surface area (Å²) in [4.78, 5) is 11.2. The zero-order valence-corrected chi connectivity index (χ0v) is 12.7. The van der Waals surface area contributed by atoms with Crippen molar-refractivity contribution in [2.75, 3.05) is 11.9 Å². The molecule has 2 rings (SSSR count). The van der Waals surface area contributed by atoms with Gasteiger partial charge in [-0.25, -0.2) is 0 Å². The fourth-order valence-corrected chi connectivity index (χ4v) is 2.68. The first kappa shape index (κ1) is 15.1. The van der Waals surface area contributed by atoms with Crippen molar-refractivity contribution in [2.24, 2.45) is 5.73 Å². The monoisotopic (exact) mass is 296 g/mol. The standard InChI is InChI=1S/C15H21ClN2O2/c1-3-15(2)9-11(6-7-20-15)18-13-8-10(14(17)19)4-5-12(13)16/h4-5,8,11,18H,3,6-7,9H2,1-2H3,(H2,17,19). The van der Waals surface area contributed by atoms with Crippen LogP contribution in [0.4, 0.5) is 5.69 Å². The van der Waals surface area contributed by atoms with E-state index in [-0.39, 0.29) is 11.6 Å². The van der Waals surface area contributed by atoms with Crippen molar-refractivity contribution in [2.45, 2.75) is 44.8 Å². The Kier molecular flexibility index (Phi) is 4.55. The van der Waals surface area contributed by atoms with Gasteiger partial charge >= 0.3 is 0 Å². The van der Waals surface area contributed by atoms with Gasteiger partial charge < -0.3 is 15.8 Å². The number of benzene rings is 1. The van der Waals surface area contributed by atoms with Gasteiger partial charge in [0.15, 0.2) is 0 Å². The molecule has 1 aliphatic rings. The highest BCUT2D eigenvalue weighted by molar-refractivity contribution is 6.33. The summed E-state index contributed by atoms with van der Waals surface area (Å²) in [7, 11) is 0. The number of hydrogen-bond donors (Lipinski definition) is 2. The van der Waals surface area contributed by atoms with E-state index in [4.69, 9.17) is 22.1 Å². The van der Waals surface area contributed by atoms with Crippen LogP contribution in [0.3, 0.4) is 0 Å². The second-order valence-corrected chi connectivity index (χ2v) is 5.95. The van der Waals surface area contributed by atoms with Crippen LogP contribution in [0.2, 0.25) is 5.02 Å². The van der Waals surface area contributed by atoms with E-state index in [1.165, 1.54) is 0 Å². The van der Waals surface area contributed by atoms with E-state index in [9.17, 15) is 4.79 Å². The van der Waals surface area contributed by atoms with Gasteiger partial charge in [0.25, 0.3) is 0 Å². The Morgan fingerprint density at radius 1 is 1.60 bits per heavy atom. The summed E-state index contributed by atoms with van der Waals surface area (Å²) in [5.41, 5.74) is 6.43. The van der Waals surface area contributed by atoms with Crippen molar-refractivity contribution >= 4 is 23.2 Å². The molecule has 2 unspecified atom stereocenters. The fraction of sp³-hybridized carbons (Fsp3) is 0.533. The molecule has 0 bridgehead atoms. The molecule has 0 aliphatic carbocycles. The Bertz CT molecular complexity index is 507. The molecule has 5 heteroatoms. The maximum Gasteiger partial charge on any atom is 0.248 e. The van der Waals surface area contributed by atoms with Gasteiger partial charge in [-0.2, -0.15) is 0 Å². The minimum atomic E-state index is -0.449. The molecular formula is C15H21ClN2O2. The Balaban J connectivity index is 2.13. The zero-order valence-electron chi connectivity index (χ0n) is 11.9. The number of amides is 1. The summed E-state index contributed by atoms with van der Waals surface area (Å²) < 4.78 is 5.83. The number of nitrogens with one attached hydrogen (secondary N) is 1. The molecule has 1 aromatic rings. The van der Waals surface area contributed by atoms with Crippen LogP contribution in [-0.4, -0.2) is 24.2 Å². The van der Waals surface area contributed by atoms with Gasteiger partial charge in [-0.15, -0.1) is 0 Å². The van der Waals surface area contributed by atoms with E-state index >= 15 is 0 Å². The van der Waals surface area contributed by atoms with Crippen LogP contribution < -0.4 is 11.1 Å². The van der Waals surface area contributed by atoms with Gasteiger partial charge in [-0.1, -0.05) is 18.5 Å². The molecule has 1 fully saturated rings. The lowest BCUT2D eigenvalue weighted by Crippen LogP contribution is -2.41. The lowest BCUT2D eigenvalue weighted by molar-refractivity contribution is -0.0708. The van der Waals surface area contributed by atoms with Crippen molar-refractivity contribution in [3.63, 3.8) is 0 Å². The van der Waals surface area contributed by atoms with Crippen LogP contribution in [0, 0.1) is 0 Å². The van der Waals surface area contributed by atoms with Gasteiger partial charge in [0.2, 0.25) is 5.91 Å². The average molecular weight is 297 g/mol. The quantitative estimate of drug-likeness (QED) is 0.897. The van der Waals surface area contributed by atoms with Crippen molar-refractivity contribution in [1.29, 1.82) is 0 Å². The number of primary amides is 1. The Hall–Kier alpha value is -1.26. The molecule has 0 radical (unpaired) electrons. The second-order valence-electron chi connectivity index (χ2n) is 5.54. The Morgan fingerprint density at radius 3 is 3.00 bits per heavy atom. The molecule has 0 aromatic heterocycles. The topological polar surface area (TPSA) is 64.3 Å². The van der Waals surface area contributed by atoms with Crippen LogP contribution in [0.1, 0.15) is 43.5 Å². The molecule has 110 valence electrons. The summed E-state index contributed by atoms with van der Waals surface area (Å²) >= 11 is 6.18. The highest BCUT2D eigenvalue weighted by Gasteiger charge is 2.31. The molecule has 1 aliphatic heterocycles. The van der Waals surface area contributed by atoms with E-state index in [1.807, 2.05) is 0 Å². The summed E-state index contributed by atoms with van der Waals surface area (Å²) in [6.45, 7) is 4.99. The van der Waals surface area contributed by atoms with E-state index in [0.29, 0.717) is 10.6 Å². The highest BCUT2D eigenvalue weighted by atomic mass is 35.5. The first-order valence-corrected chi connectivity index (χ1v) is 7.31. The molecule has 3 N–H and O–H groups in total. The largest absolute Gasteiger partial charge is 0.381 e. The van der Waals surface area contributed by atoms with Gasteiger partial charge in [0, 0.05) is 18.2 Å². The molecule has 1 heterocycles. The van der Waals surface area contributed by atoms with Gasteiger partial charge in [0.1, 0.15) is 0 Å². The predicted octanol–water partition coefficient (Wildman–Crippen LogP) is 3.20. The molecule has 1 aromatic carbocycles. The number of rotatable bonds is 4. The molecule has 20 heavy (non-hydrogen) atoms. The molecule has 0 saturated carbocycles. The first-order chi connectivity index (χ1) is 9.43. The van der Waals surface area contributed by atoms with Gasteiger partial charge in [-0.05, 0) is 44.4 Å². The third-order valence-corrected chi connectivity index (χ3v) is 4.28. The minimum absolute atomic E-state index is 0.0936. The fourth-order valence-electron chi connectivity index (χ4n) is 2.51. The minimum Gasteiger partial charge on any atom is -0.381 e. The van der Waals surface area contributed by atoms with Crippen molar-refractivity contribution in [1.82, 2.24) is 0 Å². The van der Waals surface area contributed by atoms with Crippen LogP contribution in [0.5, 0.6) is 0 Å². The Morgan fingerprint density at radius 2 is 2.35 bits per heavy atom. The lowest BCUT2D eigenvalue weighted by Gasteiger charge is -2.38. The molecule has 1 amide bonds. The number of carbonyl (C=O) groups is 1. The van der Waals surface area contributed by atoms with Crippen LogP contribution >= 0.6 is 11.6 Å². The van der Waals surface area contributed by atoms with Crippen LogP contribution in [0.25, 0.3) is 0 Å². The Labute approximate surface area is 124 Å². The predicted molar refractivity (Wildman–Crippen MR) is 81.3 cm³/mol. The van der Waals surface area contributed by atoms with E-state index in [2.05, 4.69) is 19.2 Å². The molecule has 1 saturated heterocycles. The number of nitrogens with two attached hydrogens (primary N) is 1. The van der Waals surface area contributed by atoms with Crippen LogP contribution in [0.15, 0.2) is 18.2 Å². The SMILES string of the molecule is CCC1(C)CC(Nc2cc(C(N)=O)ccc2Cl)CCO1. The number of anilines is 1. The molecule has 4 nitrogen and oxygen atoms in total. The number of halogens is 1. The third-order valence-electron chi connectivity index (χ3n) is 3.95. The first-order valence-electron chi connectivity index (χ1n) is 6.93. The van der Waals surface area contributed by atoms with Gasteiger partial charge in [0.05, 0.1) is 16.3 Å². The maximum atomic E-state index is 11.2. The van der Waals surface area contributed by atoms with Crippen molar-refractivity contribution in [3.05, 3.63) is 28.8 Å². The number of hydrogen-bond acceptors (Lipinski definition) is 3. The number of ether oxygens (including phenoxy) is 1. The lowest BCUT2D eigenvalue weighted by atomic mass is 9.90. The van der Waals surface area contributed by atoms with E-state index in [1.54, 1.807) is 18.2 Å². The van der Waals surface area contributed by atoms with Crippen molar-refractivity contribution < 1.29 is 9.53 Å². The summed E-state index contributed by atoms with van der Waals surface area (Å²) in [5, 5.41) is 4.01. The summed E-state index contributed by atoms with van der Waals surface area (Å²) in [5.74, 6) is -0.449. The summed E-state index contributed by atoms with van der Waals surface area (Å²) in [6, 6.07) is 5.33. The number of carbonyl (C=O) groups excluding carboxylic acids is 1. The second kappa shape index (κ2) is 6.02. The van der Waals surface area contributed by atoms with Gasteiger partial charge in [-0.3, -0.25) is 4.79 Å². The normalized spacial score (nSPS) is 26.2. The smallest absolute Gasteiger partial charge is 0.248 e. The highest BCUT2D eigenvalue weighted by Crippen LogP contribution is 2.31. The van der Waals surface area contributed by atoms with E-state index < -0.39 is 5.91 Å². The average Bonchev–Trinajstić information content (AvgIpc) is 2.41. The molecule has 2 atom stereocenters.